The third kappa shape index (κ3) is 1.98. The molecule has 0 saturated heterocycles. The van der Waals surface area contributed by atoms with Gasteiger partial charge in [0.15, 0.2) is 0 Å². The molecule has 3 aromatic heterocycles. The van der Waals surface area contributed by atoms with E-state index in [2.05, 4.69) is 16.9 Å². The highest BCUT2D eigenvalue weighted by molar-refractivity contribution is 7.16. The number of hydrogen-bond acceptors (Lipinski definition) is 4. The van der Waals surface area contributed by atoms with Gasteiger partial charge in [-0.2, -0.15) is 0 Å². The second-order valence-electron chi connectivity index (χ2n) is 4.45. The molecule has 0 saturated carbocycles. The molecular weight excluding hydrogens is 260 g/mol. The summed E-state index contributed by atoms with van der Waals surface area (Å²) in [6.45, 7) is 5.35. The molecule has 19 heavy (non-hydrogen) atoms. The molecule has 0 atom stereocenters. The summed E-state index contributed by atoms with van der Waals surface area (Å²) in [5.41, 5.74) is 2.03. The van der Waals surface area contributed by atoms with E-state index in [-0.39, 0.29) is 5.56 Å². The second kappa shape index (κ2) is 4.62. The van der Waals surface area contributed by atoms with E-state index in [1.807, 2.05) is 16.9 Å². The summed E-state index contributed by atoms with van der Waals surface area (Å²) in [5, 5.41) is 2.70. The Kier molecular flexibility index (Phi) is 2.94. The van der Waals surface area contributed by atoms with Crippen molar-refractivity contribution in [3.05, 3.63) is 45.8 Å². The fourth-order valence-corrected chi connectivity index (χ4v) is 3.04. The van der Waals surface area contributed by atoms with Crippen LogP contribution in [0.4, 0.5) is 0 Å². The molecule has 3 heterocycles. The third-order valence-electron chi connectivity index (χ3n) is 3.22. The molecule has 0 radical (unpaired) electrons. The highest BCUT2D eigenvalue weighted by Crippen LogP contribution is 2.19. The number of hydrogen-bond donors (Lipinski definition) is 0. The maximum atomic E-state index is 12.4. The van der Waals surface area contributed by atoms with Crippen LogP contribution < -0.4 is 5.56 Å². The fourth-order valence-electron chi connectivity index (χ4n) is 2.16. The molecule has 0 aliphatic carbocycles. The van der Waals surface area contributed by atoms with Crippen molar-refractivity contribution in [2.24, 2.45) is 0 Å². The average molecular weight is 274 g/mol. The Balaban J connectivity index is 2.09. The van der Waals surface area contributed by atoms with E-state index in [1.54, 1.807) is 23.4 Å². The van der Waals surface area contributed by atoms with Crippen molar-refractivity contribution in [1.82, 2.24) is 19.1 Å². The van der Waals surface area contributed by atoms with Crippen molar-refractivity contribution >= 4 is 21.6 Å². The number of fused-ring (bicyclic) bond motifs is 1. The predicted molar refractivity (Wildman–Crippen MR) is 75.6 cm³/mol. The minimum Gasteiger partial charge on any atom is -0.333 e. The zero-order valence-electron chi connectivity index (χ0n) is 10.8. The minimum atomic E-state index is 0.0209. The van der Waals surface area contributed by atoms with Crippen LogP contribution in [0.15, 0.2) is 29.0 Å². The molecule has 5 nitrogen and oxygen atoms in total. The van der Waals surface area contributed by atoms with Gasteiger partial charge in [-0.25, -0.2) is 9.97 Å². The van der Waals surface area contributed by atoms with Gasteiger partial charge in [0, 0.05) is 12.7 Å². The molecule has 3 aromatic rings. The van der Waals surface area contributed by atoms with Crippen LogP contribution in [0, 0.1) is 6.92 Å². The molecule has 0 aromatic carbocycles. The summed E-state index contributed by atoms with van der Waals surface area (Å²) in [6.07, 6.45) is 5.19. The Labute approximate surface area is 114 Å². The maximum absolute atomic E-state index is 12.4. The number of nitrogens with zero attached hydrogens (tertiary/aromatic N) is 4. The molecule has 0 unspecified atom stereocenters. The van der Waals surface area contributed by atoms with E-state index in [0.717, 1.165) is 28.0 Å². The molecule has 3 rings (SSSR count). The summed E-state index contributed by atoms with van der Waals surface area (Å²) in [5.74, 6) is 0. The van der Waals surface area contributed by atoms with Crippen molar-refractivity contribution in [2.45, 2.75) is 26.9 Å². The molecule has 0 aliphatic rings. The Morgan fingerprint density at radius 3 is 2.95 bits per heavy atom. The summed E-state index contributed by atoms with van der Waals surface area (Å²) in [4.78, 5) is 21.7. The summed E-state index contributed by atoms with van der Waals surface area (Å²) >= 11 is 1.51. The Morgan fingerprint density at radius 2 is 2.16 bits per heavy atom. The quantitative estimate of drug-likeness (QED) is 0.734. The topological polar surface area (TPSA) is 52.7 Å². The molecule has 0 spiro atoms. The normalized spacial score (nSPS) is 11.3. The van der Waals surface area contributed by atoms with E-state index in [1.165, 1.54) is 11.3 Å². The highest BCUT2D eigenvalue weighted by Gasteiger charge is 2.10. The lowest BCUT2D eigenvalue weighted by atomic mass is 10.3. The summed E-state index contributed by atoms with van der Waals surface area (Å²) in [7, 11) is 0. The van der Waals surface area contributed by atoms with Gasteiger partial charge in [-0.1, -0.05) is 0 Å². The summed E-state index contributed by atoms with van der Waals surface area (Å²) in [6, 6.07) is 0. The van der Waals surface area contributed by atoms with Gasteiger partial charge >= 0.3 is 0 Å². The molecule has 0 N–H and O–H groups in total. The van der Waals surface area contributed by atoms with Crippen LogP contribution in [0.3, 0.4) is 0 Å². The van der Waals surface area contributed by atoms with Crippen molar-refractivity contribution in [3.63, 3.8) is 0 Å². The smallest absolute Gasteiger partial charge is 0.262 e. The first-order valence-corrected chi connectivity index (χ1v) is 7.01. The third-order valence-corrected chi connectivity index (χ3v) is 4.22. The number of thiophene rings is 1. The van der Waals surface area contributed by atoms with Crippen LogP contribution in [0.2, 0.25) is 0 Å². The molecular formula is C13H14N4OS. The number of imidazole rings is 1. The van der Waals surface area contributed by atoms with Gasteiger partial charge in [0.25, 0.3) is 5.56 Å². The van der Waals surface area contributed by atoms with Gasteiger partial charge in [-0.15, -0.1) is 11.3 Å². The number of aryl methyl sites for hydroxylation is 2. The monoisotopic (exact) mass is 274 g/mol. The Bertz CT molecular complexity index is 783. The lowest BCUT2D eigenvalue weighted by Gasteiger charge is -2.07. The first-order chi connectivity index (χ1) is 9.20. The fraction of sp³-hybridized carbons (Fsp3) is 0.308. The Hall–Kier alpha value is -1.95. The lowest BCUT2D eigenvalue weighted by Crippen LogP contribution is -2.22. The van der Waals surface area contributed by atoms with E-state index in [9.17, 15) is 4.79 Å². The second-order valence-corrected chi connectivity index (χ2v) is 5.31. The standard InChI is InChI=1S/C13H14N4OS/c1-3-16-7-14-4-10(16)5-17-8-15-12-11(13(17)18)9(2)6-19-12/h4,6-8H,3,5H2,1-2H3. The molecule has 0 bridgehead atoms. The van der Waals surface area contributed by atoms with E-state index in [0.29, 0.717) is 6.54 Å². The van der Waals surface area contributed by atoms with Crippen LogP contribution in [0.1, 0.15) is 18.2 Å². The zero-order valence-corrected chi connectivity index (χ0v) is 11.6. The summed E-state index contributed by atoms with van der Waals surface area (Å²) < 4.78 is 3.67. The molecule has 0 amide bonds. The number of aromatic nitrogens is 4. The molecule has 6 heteroatoms. The molecule has 98 valence electrons. The SMILES string of the molecule is CCn1cncc1Cn1cnc2scc(C)c2c1=O. The first-order valence-electron chi connectivity index (χ1n) is 6.13. The van der Waals surface area contributed by atoms with Gasteiger partial charge < -0.3 is 4.57 Å². The Morgan fingerprint density at radius 1 is 1.32 bits per heavy atom. The van der Waals surface area contributed by atoms with Crippen molar-refractivity contribution in [1.29, 1.82) is 0 Å². The predicted octanol–water partition coefficient (Wildman–Crippen LogP) is 2.03. The largest absolute Gasteiger partial charge is 0.333 e. The maximum Gasteiger partial charge on any atom is 0.262 e. The lowest BCUT2D eigenvalue weighted by molar-refractivity contribution is 0.653. The average Bonchev–Trinajstić information content (AvgIpc) is 3.00. The van der Waals surface area contributed by atoms with Crippen molar-refractivity contribution in [2.75, 3.05) is 0 Å². The van der Waals surface area contributed by atoms with Gasteiger partial charge in [0.2, 0.25) is 0 Å². The van der Waals surface area contributed by atoms with Gasteiger partial charge in [-0.3, -0.25) is 9.36 Å². The van der Waals surface area contributed by atoms with Crippen molar-refractivity contribution in [3.8, 4) is 0 Å². The van der Waals surface area contributed by atoms with E-state index >= 15 is 0 Å². The molecule has 0 fully saturated rings. The van der Waals surface area contributed by atoms with Gasteiger partial charge in [-0.05, 0) is 24.8 Å². The first kappa shape index (κ1) is 12.1. The molecule has 0 aliphatic heterocycles. The van der Waals surface area contributed by atoms with Crippen molar-refractivity contribution < 1.29 is 0 Å². The highest BCUT2D eigenvalue weighted by atomic mass is 32.1. The van der Waals surface area contributed by atoms with Crippen LogP contribution >= 0.6 is 11.3 Å². The van der Waals surface area contributed by atoms with Crippen LogP contribution in [0.25, 0.3) is 10.2 Å². The van der Waals surface area contributed by atoms with Crippen LogP contribution in [-0.4, -0.2) is 19.1 Å². The van der Waals surface area contributed by atoms with Gasteiger partial charge in [0.1, 0.15) is 4.83 Å². The van der Waals surface area contributed by atoms with E-state index in [4.69, 9.17) is 0 Å². The minimum absolute atomic E-state index is 0.0209. The van der Waals surface area contributed by atoms with E-state index < -0.39 is 0 Å². The van der Waals surface area contributed by atoms with Gasteiger partial charge in [0.05, 0.1) is 30.3 Å². The van der Waals surface area contributed by atoms with Crippen LogP contribution in [-0.2, 0) is 13.1 Å². The van der Waals surface area contributed by atoms with Crippen LogP contribution in [0.5, 0.6) is 0 Å². The zero-order chi connectivity index (χ0) is 13.4. The number of rotatable bonds is 3.